The second kappa shape index (κ2) is 6.22. The van der Waals surface area contributed by atoms with Crippen LogP contribution in [0.1, 0.15) is 24.6 Å². The van der Waals surface area contributed by atoms with Crippen molar-refractivity contribution in [1.82, 2.24) is 15.0 Å². The quantitative estimate of drug-likeness (QED) is 0.526. The maximum absolute atomic E-state index is 5.95. The molecule has 0 saturated heterocycles. The van der Waals surface area contributed by atoms with Crippen LogP contribution in [-0.4, -0.2) is 22.1 Å². The van der Waals surface area contributed by atoms with E-state index in [0.29, 0.717) is 18.3 Å². The van der Waals surface area contributed by atoms with Crippen LogP contribution in [0.15, 0.2) is 56.1 Å². The molecule has 0 aliphatic carbocycles. The predicted molar refractivity (Wildman–Crippen MR) is 93.7 cm³/mol. The van der Waals surface area contributed by atoms with Crippen molar-refractivity contribution in [3.63, 3.8) is 0 Å². The first-order chi connectivity index (χ1) is 11.7. The number of furan rings is 1. The summed E-state index contributed by atoms with van der Waals surface area (Å²) in [6.45, 7) is 2.67. The first kappa shape index (κ1) is 15.1. The average molecular weight is 339 g/mol. The van der Waals surface area contributed by atoms with Crippen molar-refractivity contribution in [2.45, 2.75) is 19.5 Å². The molecule has 0 amide bonds. The van der Waals surface area contributed by atoms with E-state index in [-0.39, 0.29) is 6.04 Å². The number of hydrogen-bond donors (Lipinski definition) is 0. The molecule has 1 aromatic carbocycles. The Morgan fingerprint density at radius 2 is 2.12 bits per heavy atom. The van der Waals surface area contributed by atoms with Crippen LogP contribution in [0.5, 0.6) is 0 Å². The number of hydrogen-bond acceptors (Lipinski definition) is 6. The Labute approximate surface area is 143 Å². The first-order valence-electron chi connectivity index (χ1n) is 7.74. The van der Waals surface area contributed by atoms with Gasteiger partial charge in [-0.05, 0) is 37.6 Å². The van der Waals surface area contributed by atoms with Crippen molar-refractivity contribution in [1.29, 1.82) is 0 Å². The van der Waals surface area contributed by atoms with Gasteiger partial charge in [0, 0.05) is 16.3 Å². The summed E-state index contributed by atoms with van der Waals surface area (Å²) in [6.07, 6.45) is 0. The molecule has 24 heavy (non-hydrogen) atoms. The highest BCUT2D eigenvalue weighted by Gasteiger charge is 2.19. The Hall–Kier alpha value is -2.44. The molecule has 0 fully saturated rings. The zero-order valence-corrected chi connectivity index (χ0v) is 14.3. The topological polar surface area (TPSA) is 55.3 Å². The smallest absolute Gasteiger partial charge is 0.241 e. The van der Waals surface area contributed by atoms with E-state index in [2.05, 4.69) is 34.1 Å². The highest BCUT2D eigenvalue weighted by Crippen LogP contribution is 2.27. The lowest BCUT2D eigenvalue weighted by Crippen LogP contribution is -2.21. The molecule has 3 heterocycles. The molecule has 0 aliphatic heterocycles. The minimum atomic E-state index is 0.105. The molecule has 4 rings (SSSR count). The van der Waals surface area contributed by atoms with Gasteiger partial charge in [0.1, 0.15) is 11.3 Å². The first-order valence-corrected chi connectivity index (χ1v) is 8.69. The molecule has 122 valence electrons. The van der Waals surface area contributed by atoms with E-state index < -0.39 is 0 Å². The number of rotatable bonds is 5. The maximum Gasteiger partial charge on any atom is 0.241 e. The summed E-state index contributed by atoms with van der Waals surface area (Å²) < 4.78 is 11.3. The molecule has 0 saturated carbocycles. The Kier molecular flexibility index (Phi) is 3.92. The van der Waals surface area contributed by atoms with Crippen LogP contribution >= 0.6 is 11.3 Å². The van der Waals surface area contributed by atoms with E-state index in [1.54, 1.807) is 11.3 Å². The lowest BCUT2D eigenvalue weighted by Gasteiger charge is -2.20. The zero-order chi connectivity index (χ0) is 16.5. The molecule has 0 aliphatic rings. The lowest BCUT2D eigenvalue weighted by atomic mass is 10.2. The van der Waals surface area contributed by atoms with Gasteiger partial charge in [0.15, 0.2) is 0 Å². The van der Waals surface area contributed by atoms with Crippen molar-refractivity contribution in [2.75, 3.05) is 7.05 Å². The van der Waals surface area contributed by atoms with Crippen molar-refractivity contribution in [3.8, 4) is 11.4 Å². The lowest BCUT2D eigenvalue weighted by molar-refractivity contribution is 0.198. The third kappa shape index (κ3) is 2.86. The Morgan fingerprint density at radius 1 is 1.25 bits per heavy atom. The van der Waals surface area contributed by atoms with Crippen LogP contribution in [0.25, 0.3) is 22.4 Å². The van der Waals surface area contributed by atoms with Crippen molar-refractivity contribution in [3.05, 3.63) is 58.8 Å². The largest absolute Gasteiger partial charge is 0.459 e. The summed E-state index contributed by atoms with van der Waals surface area (Å²) in [5, 5.41) is 9.18. The van der Waals surface area contributed by atoms with E-state index in [4.69, 9.17) is 8.94 Å². The number of para-hydroxylation sites is 1. The molecule has 0 unspecified atom stereocenters. The molecule has 0 N–H and O–H groups in total. The van der Waals surface area contributed by atoms with Gasteiger partial charge in [0.05, 0.1) is 12.6 Å². The van der Waals surface area contributed by atoms with Gasteiger partial charge < -0.3 is 8.94 Å². The molecular formula is C18H17N3O2S. The fraction of sp³-hybridized carbons (Fsp3) is 0.222. The SMILES string of the molecule is C[C@H](c1cc2ccccc2o1)N(C)Cc1nc(-c2ccsc2)no1. The Morgan fingerprint density at radius 3 is 2.92 bits per heavy atom. The van der Waals surface area contributed by atoms with Gasteiger partial charge in [0.2, 0.25) is 11.7 Å². The molecular weight excluding hydrogens is 322 g/mol. The number of nitrogens with zero attached hydrogens (tertiary/aromatic N) is 3. The summed E-state index contributed by atoms with van der Waals surface area (Å²) in [5.41, 5.74) is 1.90. The van der Waals surface area contributed by atoms with E-state index in [1.165, 1.54) is 0 Å². The molecule has 5 nitrogen and oxygen atoms in total. The van der Waals surface area contributed by atoms with E-state index in [0.717, 1.165) is 22.3 Å². The van der Waals surface area contributed by atoms with Gasteiger partial charge in [0.25, 0.3) is 0 Å². The van der Waals surface area contributed by atoms with Gasteiger partial charge >= 0.3 is 0 Å². The number of benzene rings is 1. The average Bonchev–Trinajstić information content (AvgIpc) is 3.32. The van der Waals surface area contributed by atoms with Crippen molar-refractivity contribution >= 4 is 22.3 Å². The molecule has 1 atom stereocenters. The molecule has 3 aromatic heterocycles. The normalized spacial score (nSPS) is 13.0. The molecule has 0 bridgehead atoms. The van der Waals surface area contributed by atoms with Crippen LogP contribution in [0.3, 0.4) is 0 Å². The highest BCUT2D eigenvalue weighted by molar-refractivity contribution is 7.08. The van der Waals surface area contributed by atoms with Crippen LogP contribution in [-0.2, 0) is 6.54 Å². The number of thiophene rings is 1. The summed E-state index contributed by atoms with van der Waals surface area (Å²) in [5.74, 6) is 2.16. The highest BCUT2D eigenvalue weighted by atomic mass is 32.1. The van der Waals surface area contributed by atoms with Crippen LogP contribution in [0.4, 0.5) is 0 Å². The molecule has 0 radical (unpaired) electrons. The Balaban J connectivity index is 1.50. The van der Waals surface area contributed by atoms with Gasteiger partial charge in [-0.25, -0.2) is 0 Å². The summed E-state index contributed by atoms with van der Waals surface area (Å²) in [4.78, 5) is 6.60. The van der Waals surface area contributed by atoms with Gasteiger partial charge in [-0.1, -0.05) is 23.4 Å². The van der Waals surface area contributed by atoms with E-state index in [9.17, 15) is 0 Å². The Bertz CT molecular complexity index is 909. The minimum Gasteiger partial charge on any atom is -0.459 e. The van der Waals surface area contributed by atoms with Crippen LogP contribution < -0.4 is 0 Å². The fourth-order valence-electron chi connectivity index (χ4n) is 2.60. The van der Waals surface area contributed by atoms with Gasteiger partial charge in [-0.15, -0.1) is 0 Å². The predicted octanol–water partition coefficient (Wildman–Crippen LogP) is 4.74. The number of fused-ring (bicyclic) bond motifs is 1. The molecule has 6 heteroatoms. The fourth-order valence-corrected chi connectivity index (χ4v) is 3.24. The monoisotopic (exact) mass is 339 g/mol. The van der Waals surface area contributed by atoms with Crippen LogP contribution in [0, 0.1) is 0 Å². The standard InChI is InChI=1S/C18H17N3O2S/c1-12(16-9-13-5-3-4-6-15(13)22-16)21(2)10-17-19-18(20-23-17)14-7-8-24-11-14/h3-9,11-12H,10H2,1-2H3/t12-/m1/s1. The third-order valence-corrected chi connectivity index (χ3v) is 4.83. The van der Waals surface area contributed by atoms with E-state index in [1.807, 2.05) is 42.1 Å². The maximum atomic E-state index is 5.95. The summed E-state index contributed by atoms with van der Waals surface area (Å²) in [6, 6.07) is 12.2. The summed E-state index contributed by atoms with van der Waals surface area (Å²) in [7, 11) is 2.02. The van der Waals surface area contributed by atoms with Crippen LogP contribution in [0.2, 0.25) is 0 Å². The number of aromatic nitrogens is 2. The van der Waals surface area contributed by atoms with Gasteiger partial charge in [-0.3, -0.25) is 4.90 Å². The molecule has 0 spiro atoms. The third-order valence-electron chi connectivity index (χ3n) is 4.15. The van der Waals surface area contributed by atoms with Crippen molar-refractivity contribution in [2.24, 2.45) is 0 Å². The zero-order valence-electron chi connectivity index (χ0n) is 13.5. The second-order valence-corrected chi connectivity index (χ2v) is 6.58. The van der Waals surface area contributed by atoms with E-state index >= 15 is 0 Å². The molecule has 4 aromatic rings. The second-order valence-electron chi connectivity index (χ2n) is 5.80. The van der Waals surface area contributed by atoms with Gasteiger partial charge in [-0.2, -0.15) is 16.3 Å². The minimum absolute atomic E-state index is 0.105. The van der Waals surface area contributed by atoms with Crippen molar-refractivity contribution < 1.29 is 8.94 Å². The summed E-state index contributed by atoms with van der Waals surface area (Å²) >= 11 is 1.62.